The summed E-state index contributed by atoms with van der Waals surface area (Å²) in [5.74, 6) is -0.351. The lowest BCUT2D eigenvalue weighted by atomic mass is 10.0. The average molecular weight is 354 g/mol. The number of benzene rings is 1. The Bertz CT molecular complexity index is 923. The van der Waals surface area contributed by atoms with Crippen LogP contribution in [-0.2, 0) is 6.54 Å². The molecule has 0 aliphatic carbocycles. The maximum Gasteiger partial charge on any atom is 0.271 e. The van der Waals surface area contributed by atoms with E-state index in [2.05, 4.69) is 0 Å². The topological polar surface area (TPSA) is 92.3 Å². The van der Waals surface area contributed by atoms with E-state index in [-0.39, 0.29) is 29.8 Å². The highest BCUT2D eigenvalue weighted by Gasteiger charge is 2.24. The molecule has 1 heterocycles. The fourth-order valence-corrected chi connectivity index (χ4v) is 2.73. The molecule has 6 heteroatoms. The first-order valence-corrected chi connectivity index (χ1v) is 8.49. The molecule has 0 amide bonds. The van der Waals surface area contributed by atoms with Crippen LogP contribution in [0.4, 0.5) is 0 Å². The van der Waals surface area contributed by atoms with Crippen LogP contribution in [0.5, 0.6) is 11.6 Å². The number of ether oxygens (including phenoxy) is 1. The van der Waals surface area contributed by atoms with Crippen molar-refractivity contribution in [2.75, 3.05) is 6.61 Å². The summed E-state index contributed by atoms with van der Waals surface area (Å²) in [5, 5.41) is 19.8. The smallest absolute Gasteiger partial charge is 0.271 e. The normalized spacial score (nSPS) is 10.4. The largest absolute Gasteiger partial charge is 0.494 e. The lowest BCUT2D eigenvalue weighted by Gasteiger charge is -2.15. The van der Waals surface area contributed by atoms with Crippen molar-refractivity contribution in [3.63, 3.8) is 0 Å². The van der Waals surface area contributed by atoms with E-state index >= 15 is 0 Å². The van der Waals surface area contributed by atoms with Crippen LogP contribution in [0.1, 0.15) is 46.8 Å². The number of unbranched alkanes of at least 4 members (excludes halogenated alkanes) is 1. The molecule has 1 aromatic carbocycles. The summed E-state index contributed by atoms with van der Waals surface area (Å²) in [7, 11) is 0. The van der Waals surface area contributed by atoms with Gasteiger partial charge < -0.3 is 9.84 Å². The number of hydrogen-bond donors (Lipinski definition) is 1. The monoisotopic (exact) mass is 354 g/mol. The van der Waals surface area contributed by atoms with Gasteiger partial charge in [0.2, 0.25) is 11.7 Å². The van der Waals surface area contributed by atoms with Crippen LogP contribution in [0.15, 0.2) is 29.1 Å². The Hall–Kier alpha value is -3.07. The predicted molar refractivity (Wildman–Crippen MR) is 97.7 cm³/mol. The number of pyridine rings is 1. The quantitative estimate of drug-likeness (QED) is 0.771. The number of nitrogens with zero attached hydrogens (tertiary/aromatic N) is 2. The van der Waals surface area contributed by atoms with E-state index in [4.69, 9.17) is 4.74 Å². The van der Waals surface area contributed by atoms with E-state index in [1.54, 1.807) is 12.1 Å². The Morgan fingerprint density at radius 2 is 2.08 bits per heavy atom. The Balaban J connectivity index is 2.39. The number of aromatic nitrogens is 1. The summed E-state index contributed by atoms with van der Waals surface area (Å²) in [6.07, 6.45) is 1.45. The third-order valence-corrected chi connectivity index (χ3v) is 4.17. The number of carbonyl (C=O) groups excluding carboxylic acids is 1. The van der Waals surface area contributed by atoms with Gasteiger partial charge in [0.1, 0.15) is 17.4 Å². The van der Waals surface area contributed by atoms with Crippen LogP contribution in [0.2, 0.25) is 0 Å². The fourth-order valence-electron chi connectivity index (χ4n) is 2.73. The zero-order chi connectivity index (χ0) is 19.3. The summed E-state index contributed by atoms with van der Waals surface area (Å²) in [4.78, 5) is 25.0. The second-order valence-electron chi connectivity index (χ2n) is 6.15. The molecule has 6 nitrogen and oxygen atoms in total. The zero-order valence-electron chi connectivity index (χ0n) is 15.2. The third kappa shape index (κ3) is 3.94. The summed E-state index contributed by atoms with van der Waals surface area (Å²) in [6.45, 7) is 5.30. The summed E-state index contributed by atoms with van der Waals surface area (Å²) in [5.41, 5.74) is 0.435. The van der Waals surface area contributed by atoms with Gasteiger partial charge in [-0.2, -0.15) is 5.26 Å². The molecule has 0 unspecified atom stereocenters. The van der Waals surface area contributed by atoms with E-state index in [9.17, 15) is 20.0 Å². The van der Waals surface area contributed by atoms with Crippen LogP contribution in [-0.4, -0.2) is 22.1 Å². The maximum absolute atomic E-state index is 12.6. The first-order valence-electron chi connectivity index (χ1n) is 8.49. The maximum atomic E-state index is 12.6. The molecule has 0 saturated carbocycles. The molecule has 1 N–H and O–H groups in total. The molecule has 0 saturated heterocycles. The van der Waals surface area contributed by atoms with Gasteiger partial charge >= 0.3 is 0 Å². The van der Waals surface area contributed by atoms with Crippen molar-refractivity contribution in [1.29, 1.82) is 5.26 Å². The predicted octanol–water partition coefficient (Wildman–Crippen LogP) is 3.10. The minimum absolute atomic E-state index is 0.0371. The Morgan fingerprint density at radius 1 is 1.35 bits per heavy atom. The van der Waals surface area contributed by atoms with Crippen LogP contribution >= 0.6 is 0 Å². The molecule has 0 bridgehead atoms. The van der Waals surface area contributed by atoms with Crippen molar-refractivity contribution >= 4 is 5.78 Å². The van der Waals surface area contributed by atoms with Gasteiger partial charge in [-0.25, -0.2) is 0 Å². The van der Waals surface area contributed by atoms with E-state index < -0.39 is 17.2 Å². The average Bonchev–Trinajstić information content (AvgIpc) is 2.60. The Kier molecular flexibility index (Phi) is 6.18. The van der Waals surface area contributed by atoms with Crippen LogP contribution < -0.4 is 10.3 Å². The van der Waals surface area contributed by atoms with E-state index in [1.807, 2.05) is 32.0 Å². The Labute approximate surface area is 152 Å². The molecule has 0 aliphatic rings. The second kappa shape index (κ2) is 8.34. The first kappa shape index (κ1) is 19.3. The van der Waals surface area contributed by atoms with Gasteiger partial charge in [0.05, 0.1) is 5.56 Å². The lowest BCUT2D eigenvalue weighted by molar-refractivity contribution is 0.0916. The lowest BCUT2D eigenvalue weighted by Crippen LogP contribution is -2.27. The van der Waals surface area contributed by atoms with E-state index in [1.165, 1.54) is 6.92 Å². The van der Waals surface area contributed by atoms with Gasteiger partial charge in [-0.05, 0) is 43.5 Å². The summed E-state index contributed by atoms with van der Waals surface area (Å²) in [6, 6.07) is 9.10. The number of ketones is 1. The van der Waals surface area contributed by atoms with Crippen molar-refractivity contribution in [2.24, 2.45) is 0 Å². The molecule has 0 radical (unpaired) electrons. The van der Waals surface area contributed by atoms with Crippen molar-refractivity contribution in [3.05, 3.63) is 56.9 Å². The van der Waals surface area contributed by atoms with Crippen molar-refractivity contribution in [3.8, 4) is 17.7 Å². The molecule has 0 spiro atoms. The molecule has 2 rings (SSSR count). The fraction of sp³-hybridized carbons (Fsp3) is 0.350. The first-order chi connectivity index (χ1) is 12.4. The van der Waals surface area contributed by atoms with Gasteiger partial charge in [-0.1, -0.05) is 25.5 Å². The third-order valence-electron chi connectivity index (χ3n) is 4.17. The van der Waals surface area contributed by atoms with Gasteiger partial charge in [-0.3, -0.25) is 14.2 Å². The minimum atomic E-state index is -0.577. The molecular formula is C20H22N2O4. The van der Waals surface area contributed by atoms with Gasteiger partial charge in [0, 0.05) is 6.54 Å². The number of aromatic hydroxyl groups is 1. The molecule has 26 heavy (non-hydrogen) atoms. The highest BCUT2D eigenvalue weighted by atomic mass is 16.5. The highest BCUT2D eigenvalue weighted by molar-refractivity contribution is 6.01. The summed E-state index contributed by atoms with van der Waals surface area (Å²) < 4.78 is 6.60. The second-order valence-corrected chi connectivity index (χ2v) is 6.15. The van der Waals surface area contributed by atoms with Gasteiger partial charge in [-0.15, -0.1) is 0 Å². The van der Waals surface area contributed by atoms with Gasteiger partial charge in [0.15, 0.2) is 6.61 Å². The van der Waals surface area contributed by atoms with Crippen LogP contribution in [0.25, 0.3) is 0 Å². The summed E-state index contributed by atoms with van der Waals surface area (Å²) >= 11 is 0. The van der Waals surface area contributed by atoms with E-state index in [0.29, 0.717) is 12.2 Å². The number of rotatable bonds is 7. The molecular weight excluding hydrogens is 332 g/mol. The Morgan fingerprint density at radius 3 is 2.69 bits per heavy atom. The minimum Gasteiger partial charge on any atom is -0.494 e. The van der Waals surface area contributed by atoms with Crippen molar-refractivity contribution < 1.29 is 14.6 Å². The van der Waals surface area contributed by atoms with Crippen LogP contribution in [0, 0.1) is 25.2 Å². The molecule has 0 fully saturated rings. The highest BCUT2D eigenvalue weighted by Crippen LogP contribution is 2.23. The molecule has 136 valence electrons. The van der Waals surface area contributed by atoms with E-state index in [0.717, 1.165) is 16.6 Å². The standard InChI is InChI=1S/C20H22N2O4/c1-4-5-9-22-19(24)16(11-21)14(3)18(20(22)25)17(23)12-26-15-8-6-7-13(2)10-15/h6-8,10,25H,4-5,9,12H2,1-3H3. The number of carbonyl (C=O) groups is 1. The number of Topliss-reactive ketones (excluding diaryl/α,β-unsaturated/α-hetero) is 1. The molecule has 2 aromatic rings. The van der Waals surface area contributed by atoms with Crippen molar-refractivity contribution in [1.82, 2.24) is 4.57 Å². The SMILES string of the molecule is CCCCn1c(O)c(C(=O)COc2cccc(C)c2)c(C)c(C#N)c1=O. The number of nitriles is 1. The number of hydrogen-bond acceptors (Lipinski definition) is 5. The number of aryl methyl sites for hydroxylation is 1. The van der Waals surface area contributed by atoms with Gasteiger partial charge in [0.25, 0.3) is 5.56 Å². The zero-order valence-corrected chi connectivity index (χ0v) is 15.2. The molecule has 1 aromatic heterocycles. The molecule has 0 atom stereocenters. The van der Waals surface area contributed by atoms with Crippen molar-refractivity contribution in [2.45, 2.75) is 40.2 Å². The van der Waals surface area contributed by atoms with Crippen LogP contribution in [0.3, 0.4) is 0 Å². The molecule has 0 aliphatic heterocycles.